The van der Waals surface area contributed by atoms with Gasteiger partial charge in [0.15, 0.2) is 11.5 Å². The molecule has 2 aliphatic heterocycles. The molecule has 0 spiro atoms. The van der Waals surface area contributed by atoms with Crippen molar-refractivity contribution >= 4 is 11.9 Å². The SMILES string of the molecule is O=C(NCc1ccc2c(c1)OCO2)C1CCc2nc(N3CCCC3)ncc2C1. The number of ether oxygens (including phenoxy) is 2. The predicted octanol–water partition coefficient (Wildman–Crippen LogP) is 2.23. The summed E-state index contributed by atoms with van der Waals surface area (Å²) in [6.45, 7) is 2.84. The molecule has 7 heteroatoms. The van der Waals surface area contributed by atoms with Crippen molar-refractivity contribution in [2.75, 3.05) is 24.8 Å². The van der Waals surface area contributed by atoms with E-state index in [-0.39, 0.29) is 18.6 Å². The van der Waals surface area contributed by atoms with E-state index in [1.165, 1.54) is 12.8 Å². The molecule has 28 heavy (non-hydrogen) atoms. The highest BCUT2D eigenvalue weighted by Gasteiger charge is 2.27. The van der Waals surface area contributed by atoms with Gasteiger partial charge in [-0.15, -0.1) is 0 Å². The van der Waals surface area contributed by atoms with Gasteiger partial charge in [0.25, 0.3) is 0 Å². The Hall–Kier alpha value is -2.83. The molecule has 1 unspecified atom stereocenters. The number of nitrogens with one attached hydrogen (secondary N) is 1. The van der Waals surface area contributed by atoms with E-state index in [0.29, 0.717) is 13.0 Å². The fourth-order valence-electron chi connectivity index (χ4n) is 4.17. The molecule has 2 aromatic rings. The summed E-state index contributed by atoms with van der Waals surface area (Å²) in [6.07, 6.45) is 6.73. The number of carbonyl (C=O) groups is 1. The van der Waals surface area contributed by atoms with Crippen molar-refractivity contribution < 1.29 is 14.3 Å². The molecule has 1 aromatic heterocycles. The maximum atomic E-state index is 12.7. The van der Waals surface area contributed by atoms with E-state index in [0.717, 1.165) is 60.2 Å². The van der Waals surface area contributed by atoms with Crippen LogP contribution >= 0.6 is 0 Å². The van der Waals surface area contributed by atoms with Crippen LogP contribution < -0.4 is 19.7 Å². The highest BCUT2D eigenvalue weighted by Crippen LogP contribution is 2.32. The van der Waals surface area contributed by atoms with Crippen LogP contribution in [0.1, 0.15) is 36.1 Å². The Balaban J connectivity index is 1.20. The van der Waals surface area contributed by atoms with E-state index in [4.69, 9.17) is 14.5 Å². The van der Waals surface area contributed by atoms with Crippen molar-refractivity contribution in [1.82, 2.24) is 15.3 Å². The molecule has 1 amide bonds. The first-order chi connectivity index (χ1) is 13.8. The van der Waals surface area contributed by atoms with Crippen molar-refractivity contribution in [1.29, 1.82) is 0 Å². The molecule has 1 aliphatic carbocycles. The largest absolute Gasteiger partial charge is 0.454 e. The molecule has 146 valence electrons. The molecule has 7 nitrogen and oxygen atoms in total. The lowest BCUT2D eigenvalue weighted by molar-refractivity contribution is -0.125. The van der Waals surface area contributed by atoms with Gasteiger partial charge in [-0.2, -0.15) is 0 Å². The van der Waals surface area contributed by atoms with Crippen LogP contribution in [0.25, 0.3) is 0 Å². The third-order valence-electron chi connectivity index (χ3n) is 5.80. The fourth-order valence-corrected chi connectivity index (χ4v) is 4.17. The number of aromatic nitrogens is 2. The van der Waals surface area contributed by atoms with Gasteiger partial charge in [-0.1, -0.05) is 6.07 Å². The predicted molar refractivity (Wildman–Crippen MR) is 103 cm³/mol. The van der Waals surface area contributed by atoms with E-state index >= 15 is 0 Å². The number of amides is 1. The molecule has 0 radical (unpaired) electrons. The van der Waals surface area contributed by atoms with E-state index in [1.807, 2.05) is 24.4 Å². The summed E-state index contributed by atoms with van der Waals surface area (Å²) in [6, 6.07) is 5.76. The molecular weight excluding hydrogens is 356 g/mol. The number of hydrogen-bond donors (Lipinski definition) is 1. The second-order valence-corrected chi connectivity index (χ2v) is 7.68. The Bertz CT molecular complexity index is 895. The van der Waals surface area contributed by atoms with Crippen LogP contribution in [-0.4, -0.2) is 35.8 Å². The number of carbonyl (C=O) groups excluding carboxylic acids is 1. The Morgan fingerprint density at radius 2 is 2.07 bits per heavy atom. The molecule has 1 saturated heterocycles. The Labute approximate surface area is 164 Å². The van der Waals surface area contributed by atoms with Crippen molar-refractivity contribution in [2.45, 2.75) is 38.6 Å². The second-order valence-electron chi connectivity index (χ2n) is 7.68. The van der Waals surface area contributed by atoms with Gasteiger partial charge in [-0.05, 0) is 55.4 Å². The molecule has 0 saturated carbocycles. The monoisotopic (exact) mass is 380 g/mol. The standard InChI is InChI=1S/C21H24N4O3/c26-20(22-11-14-3-6-18-19(9-14)28-13-27-18)15-4-5-17-16(10-15)12-23-21(24-17)25-7-1-2-8-25/h3,6,9,12,15H,1-2,4-5,7-8,10-11,13H2,(H,22,26). The van der Waals surface area contributed by atoms with Crippen LogP contribution in [-0.2, 0) is 24.2 Å². The third-order valence-corrected chi connectivity index (χ3v) is 5.80. The van der Waals surface area contributed by atoms with Crippen LogP contribution in [0.4, 0.5) is 5.95 Å². The van der Waals surface area contributed by atoms with Gasteiger partial charge in [0.05, 0.1) is 0 Å². The minimum Gasteiger partial charge on any atom is -0.454 e. The smallest absolute Gasteiger partial charge is 0.231 e. The molecule has 3 aliphatic rings. The number of fused-ring (bicyclic) bond motifs is 2. The lowest BCUT2D eigenvalue weighted by Crippen LogP contribution is -2.34. The van der Waals surface area contributed by atoms with Crippen LogP contribution in [0.5, 0.6) is 11.5 Å². The maximum Gasteiger partial charge on any atom is 0.231 e. The molecule has 1 N–H and O–H groups in total. The first kappa shape index (κ1) is 17.3. The van der Waals surface area contributed by atoms with Gasteiger partial charge >= 0.3 is 0 Å². The number of benzene rings is 1. The van der Waals surface area contributed by atoms with Crippen molar-refractivity contribution in [2.24, 2.45) is 5.92 Å². The van der Waals surface area contributed by atoms with Crippen LogP contribution in [0, 0.1) is 5.92 Å². The summed E-state index contributed by atoms with van der Waals surface area (Å²) >= 11 is 0. The van der Waals surface area contributed by atoms with Gasteiger partial charge in [0.1, 0.15) is 0 Å². The summed E-state index contributed by atoms with van der Waals surface area (Å²) < 4.78 is 10.7. The van der Waals surface area contributed by atoms with E-state index in [1.54, 1.807) is 0 Å². The molecule has 1 atom stereocenters. The fraction of sp³-hybridized carbons (Fsp3) is 0.476. The molecular formula is C21H24N4O3. The van der Waals surface area contributed by atoms with Crippen molar-refractivity contribution in [3.63, 3.8) is 0 Å². The zero-order valence-corrected chi connectivity index (χ0v) is 15.8. The molecule has 5 rings (SSSR count). The van der Waals surface area contributed by atoms with Gasteiger partial charge in [-0.3, -0.25) is 4.79 Å². The van der Waals surface area contributed by atoms with Crippen LogP contribution in [0.3, 0.4) is 0 Å². The topological polar surface area (TPSA) is 76.6 Å². The maximum absolute atomic E-state index is 12.7. The van der Waals surface area contributed by atoms with Gasteiger partial charge in [-0.25, -0.2) is 9.97 Å². The Morgan fingerprint density at radius 1 is 1.21 bits per heavy atom. The quantitative estimate of drug-likeness (QED) is 0.877. The van der Waals surface area contributed by atoms with E-state index < -0.39 is 0 Å². The Kier molecular flexibility index (Phi) is 4.50. The van der Waals surface area contributed by atoms with E-state index in [2.05, 4.69) is 15.2 Å². The van der Waals surface area contributed by atoms with Crippen LogP contribution in [0.2, 0.25) is 0 Å². The number of aryl methyl sites for hydroxylation is 1. The second kappa shape index (κ2) is 7.30. The molecule has 1 fully saturated rings. The number of nitrogens with zero attached hydrogens (tertiary/aromatic N) is 3. The number of hydrogen-bond acceptors (Lipinski definition) is 6. The minimum absolute atomic E-state index is 0.0252. The summed E-state index contributed by atoms with van der Waals surface area (Å²) in [7, 11) is 0. The lowest BCUT2D eigenvalue weighted by Gasteiger charge is -2.24. The highest BCUT2D eigenvalue weighted by molar-refractivity contribution is 5.79. The molecule has 1 aromatic carbocycles. The average molecular weight is 380 g/mol. The van der Waals surface area contributed by atoms with Gasteiger partial charge < -0.3 is 19.7 Å². The average Bonchev–Trinajstić information content (AvgIpc) is 3.42. The third kappa shape index (κ3) is 3.37. The lowest BCUT2D eigenvalue weighted by atomic mass is 9.86. The zero-order chi connectivity index (χ0) is 18.9. The first-order valence-corrected chi connectivity index (χ1v) is 10.0. The Morgan fingerprint density at radius 3 is 2.96 bits per heavy atom. The van der Waals surface area contributed by atoms with Gasteiger partial charge in [0, 0.05) is 37.4 Å². The first-order valence-electron chi connectivity index (χ1n) is 10.0. The minimum atomic E-state index is -0.0252. The highest BCUT2D eigenvalue weighted by atomic mass is 16.7. The van der Waals surface area contributed by atoms with Crippen molar-refractivity contribution in [3.05, 3.63) is 41.2 Å². The van der Waals surface area contributed by atoms with Crippen LogP contribution in [0.15, 0.2) is 24.4 Å². The zero-order valence-electron chi connectivity index (χ0n) is 15.8. The normalized spacial score (nSPS) is 20.1. The number of rotatable bonds is 4. The number of anilines is 1. The summed E-state index contributed by atoms with van der Waals surface area (Å²) in [5, 5.41) is 3.06. The van der Waals surface area contributed by atoms with Gasteiger partial charge in [0.2, 0.25) is 18.6 Å². The summed E-state index contributed by atoms with van der Waals surface area (Å²) in [5.41, 5.74) is 3.22. The summed E-state index contributed by atoms with van der Waals surface area (Å²) in [4.78, 5) is 24.3. The van der Waals surface area contributed by atoms with E-state index in [9.17, 15) is 4.79 Å². The van der Waals surface area contributed by atoms with Crippen molar-refractivity contribution in [3.8, 4) is 11.5 Å². The molecule has 0 bridgehead atoms. The summed E-state index contributed by atoms with van der Waals surface area (Å²) in [5.74, 6) is 2.41. The molecule has 3 heterocycles.